The molecule has 1 amide bonds. The van der Waals surface area contributed by atoms with E-state index in [2.05, 4.69) is 10.0 Å². The van der Waals surface area contributed by atoms with E-state index >= 15 is 0 Å². The molecule has 7 heteroatoms. The van der Waals surface area contributed by atoms with E-state index < -0.39 is 10.0 Å². The van der Waals surface area contributed by atoms with Crippen LogP contribution in [0.15, 0.2) is 41.3 Å². The van der Waals surface area contributed by atoms with Gasteiger partial charge in [-0.05, 0) is 67.8 Å². The van der Waals surface area contributed by atoms with E-state index in [4.69, 9.17) is 11.6 Å². The Hall–Kier alpha value is -1.89. The predicted molar refractivity (Wildman–Crippen MR) is 97.4 cm³/mol. The number of amides is 1. The summed E-state index contributed by atoms with van der Waals surface area (Å²) in [7, 11) is -2.26. The first-order chi connectivity index (χ1) is 11.8. The highest BCUT2D eigenvalue weighted by atomic mass is 35.5. The van der Waals surface area contributed by atoms with Crippen LogP contribution in [-0.2, 0) is 16.4 Å². The van der Waals surface area contributed by atoms with Crippen LogP contribution in [0.25, 0.3) is 0 Å². The largest absolute Gasteiger partial charge is 0.345 e. The third-order valence-corrected chi connectivity index (χ3v) is 6.29. The number of aryl methyl sites for hydroxylation is 2. The van der Waals surface area contributed by atoms with Crippen LogP contribution in [0.3, 0.4) is 0 Å². The minimum atomic E-state index is -3.61. The molecule has 0 saturated heterocycles. The first-order valence-corrected chi connectivity index (χ1v) is 9.81. The fraction of sp³-hybridized carbons (Fsp3) is 0.278. The zero-order valence-electron chi connectivity index (χ0n) is 14.0. The van der Waals surface area contributed by atoms with Crippen molar-refractivity contribution in [2.75, 3.05) is 7.05 Å². The van der Waals surface area contributed by atoms with E-state index in [9.17, 15) is 13.2 Å². The van der Waals surface area contributed by atoms with Crippen molar-refractivity contribution in [3.63, 3.8) is 0 Å². The quantitative estimate of drug-likeness (QED) is 0.858. The Morgan fingerprint density at radius 3 is 2.68 bits per heavy atom. The fourth-order valence-electron chi connectivity index (χ4n) is 3.12. The van der Waals surface area contributed by atoms with Crippen molar-refractivity contribution in [2.45, 2.75) is 30.7 Å². The molecule has 1 atom stereocenters. The van der Waals surface area contributed by atoms with Crippen LogP contribution < -0.4 is 10.0 Å². The van der Waals surface area contributed by atoms with Gasteiger partial charge in [0.25, 0.3) is 5.91 Å². The Labute approximate surface area is 152 Å². The van der Waals surface area contributed by atoms with Gasteiger partial charge in [-0.25, -0.2) is 13.1 Å². The van der Waals surface area contributed by atoms with Crippen molar-refractivity contribution in [3.05, 3.63) is 63.7 Å². The molecule has 0 spiro atoms. The topological polar surface area (TPSA) is 75.3 Å². The van der Waals surface area contributed by atoms with Crippen LogP contribution in [0, 0.1) is 6.92 Å². The monoisotopic (exact) mass is 378 g/mol. The molecule has 1 aliphatic rings. The molecule has 2 N–H and O–H groups in total. The first kappa shape index (κ1) is 17.9. The van der Waals surface area contributed by atoms with Crippen molar-refractivity contribution in [3.8, 4) is 0 Å². The maximum absolute atomic E-state index is 12.6. The zero-order chi connectivity index (χ0) is 18.2. The molecular weight excluding hydrogens is 360 g/mol. The summed E-state index contributed by atoms with van der Waals surface area (Å²) >= 11 is 6.01. The smallest absolute Gasteiger partial charge is 0.251 e. The second-order valence-electron chi connectivity index (χ2n) is 6.10. The lowest BCUT2D eigenvalue weighted by Gasteiger charge is -2.15. The summed E-state index contributed by atoms with van der Waals surface area (Å²) in [5, 5.41) is 3.68. The molecule has 3 rings (SSSR count). The Morgan fingerprint density at radius 2 is 1.96 bits per heavy atom. The number of halogens is 1. The van der Waals surface area contributed by atoms with E-state index in [1.165, 1.54) is 13.1 Å². The highest BCUT2D eigenvalue weighted by Crippen LogP contribution is 2.33. The molecular formula is C18H19ClN2O3S. The van der Waals surface area contributed by atoms with Crippen LogP contribution in [-0.4, -0.2) is 21.4 Å². The number of nitrogens with one attached hydrogen (secondary N) is 2. The molecule has 0 aliphatic heterocycles. The van der Waals surface area contributed by atoms with Crippen LogP contribution >= 0.6 is 11.6 Å². The van der Waals surface area contributed by atoms with Gasteiger partial charge in [-0.3, -0.25) is 4.79 Å². The Kier molecular flexibility index (Phi) is 4.86. The Bertz CT molecular complexity index is 941. The number of hydrogen-bond acceptors (Lipinski definition) is 3. The molecule has 5 nitrogen and oxygen atoms in total. The molecule has 0 saturated carbocycles. The van der Waals surface area contributed by atoms with Gasteiger partial charge in [-0.15, -0.1) is 0 Å². The molecule has 0 aromatic heterocycles. The van der Waals surface area contributed by atoms with Crippen molar-refractivity contribution in [2.24, 2.45) is 0 Å². The van der Waals surface area contributed by atoms with Gasteiger partial charge in [0, 0.05) is 10.6 Å². The third kappa shape index (κ3) is 3.56. The first-order valence-electron chi connectivity index (χ1n) is 7.95. The van der Waals surface area contributed by atoms with Crippen molar-refractivity contribution >= 4 is 27.5 Å². The predicted octanol–water partition coefficient (Wildman–Crippen LogP) is 2.97. The third-order valence-electron chi connectivity index (χ3n) is 4.50. The van der Waals surface area contributed by atoms with Gasteiger partial charge in [0.15, 0.2) is 0 Å². The van der Waals surface area contributed by atoms with Crippen LogP contribution in [0.5, 0.6) is 0 Å². The van der Waals surface area contributed by atoms with Gasteiger partial charge in [0.2, 0.25) is 10.0 Å². The van der Waals surface area contributed by atoms with Crippen molar-refractivity contribution in [1.82, 2.24) is 10.0 Å². The molecule has 0 radical (unpaired) electrons. The van der Waals surface area contributed by atoms with Gasteiger partial charge in [0.05, 0.1) is 10.9 Å². The van der Waals surface area contributed by atoms with Crippen LogP contribution in [0.2, 0.25) is 5.02 Å². The second-order valence-corrected chi connectivity index (χ2v) is 8.39. The lowest BCUT2D eigenvalue weighted by molar-refractivity contribution is 0.0936. The molecule has 2 aromatic carbocycles. The molecule has 0 unspecified atom stereocenters. The van der Waals surface area contributed by atoms with Gasteiger partial charge >= 0.3 is 0 Å². The molecule has 1 aliphatic carbocycles. The summed E-state index contributed by atoms with van der Waals surface area (Å²) < 4.78 is 26.4. The van der Waals surface area contributed by atoms with E-state index in [1.54, 1.807) is 19.1 Å². The van der Waals surface area contributed by atoms with Crippen LogP contribution in [0.1, 0.15) is 39.5 Å². The lowest BCUT2D eigenvalue weighted by Crippen LogP contribution is -2.28. The normalized spacial score (nSPS) is 16.5. The minimum Gasteiger partial charge on any atom is -0.345 e. The van der Waals surface area contributed by atoms with E-state index in [0.717, 1.165) is 24.0 Å². The number of carbonyl (C=O) groups is 1. The van der Waals surface area contributed by atoms with E-state index in [0.29, 0.717) is 16.1 Å². The van der Waals surface area contributed by atoms with Crippen molar-refractivity contribution in [1.29, 1.82) is 0 Å². The summed E-state index contributed by atoms with van der Waals surface area (Å²) in [5.41, 5.74) is 3.11. The average molecular weight is 379 g/mol. The van der Waals surface area contributed by atoms with Crippen molar-refractivity contribution < 1.29 is 13.2 Å². The van der Waals surface area contributed by atoms with Gasteiger partial charge in [-0.2, -0.15) is 0 Å². The fourth-order valence-corrected chi connectivity index (χ4v) is 4.31. The number of carbonyl (C=O) groups excluding carboxylic acids is 1. The van der Waals surface area contributed by atoms with Gasteiger partial charge < -0.3 is 5.32 Å². The van der Waals surface area contributed by atoms with E-state index in [-0.39, 0.29) is 16.8 Å². The average Bonchev–Trinajstić information content (AvgIpc) is 2.96. The molecule has 132 valence electrons. The summed E-state index contributed by atoms with van der Waals surface area (Å²) in [6, 6.07) is 10.3. The molecule has 0 bridgehead atoms. The Balaban J connectivity index is 1.85. The number of fused-ring (bicyclic) bond motifs is 1. The maximum atomic E-state index is 12.6. The molecule has 0 heterocycles. The number of sulfonamides is 1. The molecule has 2 aromatic rings. The van der Waals surface area contributed by atoms with Gasteiger partial charge in [-0.1, -0.05) is 23.7 Å². The highest BCUT2D eigenvalue weighted by molar-refractivity contribution is 7.89. The molecule has 25 heavy (non-hydrogen) atoms. The number of benzene rings is 2. The highest BCUT2D eigenvalue weighted by Gasteiger charge is 2.25. The van der Waals surface area contributed by atoms with Gasteiger partial charge in [0.1, 0.15) is 0 Å². The zero-order valence-corrected chi connectivity index (χ0v) is 15.5. The summed E-state index contributed by atoms with van der Waals surface area (Å²) in [6.45, 7) is 1.70. The second kappa shape index (κ2) is 6.78. The number of rotatable bonds is 4. The summed E-state index contributed by atoms with van der Waals surface area (Å²) in [5.74, 6) is -0.291. The Morgan fingerprint density at radius 1 is 1.20 bits per heavy atom. The lowest BCUT2D eigenvalue weighted by atomic mass is 10.1. The molecule has 0 fully saturated rings. The standard InChI is InChI=1S/C18H19ClN2O3S/c1-11-3-4-13(10-17(11)25(23,24)20-2)18(22)21-16-8-5-12-9-14(19)6-7-15(12)16/h3-4,6-7,9-10,16,20H,5,8H2,1-2H3,(H,21,22)/t16-/m1/s1. The summed E-state index contributed by atoms with van der Waals surface area (Å²) in [6.07, 6.45) is 1.66. The van der Waals surface area contributed by atoms with Crippen LogP contribution in [0.4, 0.5) is 0 Å². The van der Waals surface area contributed by atoms with E-state index in [1.807, 2.05) is 18.2 Å². The minimum absolute atomic E-state index is 0.0922. The maximum Gasteiger partial charge on any atom is 0.251 e. The SMILES string of the molecule is CNS(=O)(=O)c1cc(C(=O)N[C@@H]2CCc3cc(Cl)ccc32)ccc1C. The number of hydrogen-bond donors (Lipinski definition) is 2. The summed E-state index contributed by atoms with van der Waals surface area (Å²) in [4.78, 5) is 12.7.